The maximum Gasteiger partial charge on any atom is 0.162 e. The molecule has 1 radical (unpaired) electrons. The predicted molar refractivity (Wildman–Crippen MR) is 201 cm³/mol. The molecule has 0 unspecified atom stereocenters. The Bertz CT molecular complexity index is 2140. The van der Waals surface area contributed by atoms with Crippen molar-refractivity contribution in [2.45, 2.75) is 100 Å². The molecule has 0 fully saturated rings. The molecule has 0 saturated carbocycles. The molecular formula is C43H54FIrNO3-2. The van der Waals surface area contributed by atoms with Crippen molar-refractivity contribution in [1.29, 1.82) is 0 Å². The van der Waals surface area contributed by atoms with Crippen LogP contribution in [0.2, 0.25) is 0 Å². The summed E-state index contributed by atoms with van der Waals surface area (Å²) in [7, 11) is 0. The van der Waals surface area contributed by atoms with Gasteiger partial charge in [0.2, 0.25) is 0 Å². The van der Waals surface area contributed by atoms with Crippen molar-refractivity contribution in [3.05, 3.63) is 96.5 Å². The molecule has 0 bridgehead atoms. The summed E-state index contributed by atoms with van der Waals surface area (Å²) < 4.78 is 77.5. The summed E-state index contributed by atoms with van der Waals surface area (Å²) >= 11 is 0. The maximum absolute atomic E-state index is 16.1. The molecule has 0 aliphatic rings. The first-order valence-corrected chi connectivity index (χ1v) is 16.6. The summed E-state index contributed by atoms with van der Waals surface area (Å²) in [5.74, 6) is -3.23. The minimum absolute atomic E-state index is 0. The predicted octanol–water partition coefficient (Wildman–Crippen LogP) is 12.7. The van der Waals surface area contributed by atoms with Gasteiger partial charge in [-0.15, -0.1) is 17.7 Å². The third-order valence-electron chi connectivity index (χ3n) is 8.80. The van der Waals surface area contributed by atoms with Crippen LogP contribution in [0.15, 0.2) is 64.9 Å². The van der Waals surface area contributed by atoms with Crippen LogP contribution in [0.25, 0.3) is 44.0 Å². The second-order valence-electron chi connectivity index (χ2n) is 12.7. The third kappa shape index (κ3) is 9.47. The van der Waals surface area contributed by atoms with Crippen molar-refractivity contribution in [1.82, 2.24) is 4.98 Å². The third-order valence-corrected chi connectivity index (χ3v) is 8.80. The summed E-state index contributed by atoms with van der Waals surface area (Å²) in [6.45, 7) is 7.54. The van der Waals surface area contributed by atoms with E-state index in [1.54, 1.807) is 19.2 Å². The minimum Gasteiger partial charge on any atom is -0.512 e. The molecule has 0 spiro atoms. The number of ketones is 1. The number of halogens is 1. The van der Waals surface area contributed by atoms with Gasteiger partial charge in [-0.3, -0.25) is 4.79 Å². The van der Waals surface area contributed by atoms with E-state index < -0.39 is 31.0 Å². The van der Waals surface area contributed by atoms with E-state index in [0.29, 0.717) is 28.1 Å². The number of carbonyl (C=O) groups is 1. The van der Waals surface area contributed by atoms with Gasteiger partial charge in [0.25, 0.3) is 0 Å². The van der Waals surface area contributed by atoms with Gasteiger partial charge in [-0.25, -0.2) is 4.39 Å². The molecule has 5 rings (SSSR count). The van der Waals surface area contributed by atoms with Gasteiger partial charge in [0.15, 0.2) is 5.78 Å². The van der Waals surface area contributed by atoms with E-state index in [2.05, 4.69) is 37.0 Å². The van der Waals surface area contributed by atoms with Gasteiger partial charge in [0.1, 0.15) is 11.4 Å². The first kappa shape index (κ1) is 31.6. The smallest absolute Gasteiger partial charge is 0.162 e. The van der Waals surface area contributed by atoms with Crippen molar-refractivity contribution in [3.63, 3.8) is 0 Å². The summed E-state index contributed by atoms with van der Waals surface area (Å²) in [6, 6.07) is 15.4. The molecule has 0 saturated heterocycles. The number of benzene rings is 3. The van der Waals surface area contributed by atoms with Crippen molar-refractivity contribution >= 4 is 38.5 Å². The molecular weight excluding hydrogens is 790 g/mol. The standard InChI is InChI=1S/C29H27FNO.C13H24O2.CH3.Ir/c1-16(2)12-19-6-7-22-20(15-19)10-11-31-28(22)24-14-18(5)13-23-26-25(32-29(23)24)9-8-21(17(3)4)27(26)30;1-5-10(6-2)12(14)9-13(15)11(7-3)8-4;;/h6-11,13,15-17H,12H2,1-5H3;9-11,14H,5-8H2,1-4H3;1H3;/q-1;;-1;/b;12-9-;;/i3D3,4D3,17D;;;. The molecule has 0 aliphatic heterocycles. The van der Waals surface area contributed by atoms with Gasteiger partial charge in [-0.2, -0.15) is 0 Å². The quantitative estimate of drug-likeness (QED) is 0.0817. The molecule has 49 heavy (non-hydrogen) atoms. The second-order valence-corrected chi connectivity index (χ2v) is 12.7. The van der Waals surface area contributed by atoms with Crippen LogP contribution in [0.1, 0.15) is 113 Å². The van der Waals surface area contributed by atoms with Crippen molar-refractivity contribution in [2.75, 3.05) is 0 Å². The molecule has 4 nitrogen and oxygen atoms in total. The molecule has 0 aliphatic carbocycles. The van der Waals surface area contributed by atoms with Gasteiger partial charge in [0, 0.05) is 59.2 Å². The average Bonchev–Trinajstić information content (AvgIpc) is 3.46. The number of aliphatic hydroxyl groups excluding tert-OH is 1. The number of allylic oxidation sites excluding steroid dienone is 2. The van der Waals surface area contributed by atoms with E-state index in [1.165, 1.54) is 17.7 Å². The Hall–Kier alpha value is -3.34. The average molecular weight is 851 g/mol. The molecule has 6 heteroatoms. The van der Waals surface area contributed by atoms with Crippen LogP contribution >= 0.6 is 0 Å². The zero-order chi connectivity index (χ0) is 40.3. The fourth-order valence-corrected chi connectivity index (χ4v) is 6.17. The number of aromatic nitrogens is 1. The molecule has 0 amide bonds. The van der Waals surface area contributed by atoms with Gasteiger partial charge < -0.3 is 21.9 Å². The number of hydrogen-bond donors (Lipinski definition) is 1. The summed E-state index contributed by atoms with van der Waals surface area (Å²) in [6.07, 6.45) is 7.54. The van der Waals surface area contributed by atoms with Crippen LogP contribution in [0, 0.1) is 44.0 Å². The first-order valence-electron chi connectivity index (χ1n) is 20.1. The fourth-order valence-electron chi connectivity index (χ4n) is 6.17. The number of hydrogen-bond acceptors (Lipinski definition) is 4. The van der Waals surface area contributed by atoms with Gasteiger partial charge >= 0.3 is 0 Å². The molecule has 2 heterocycles. The van der Waals surface area contributed by atoms with Crippen LogP contribution in [-0.2, 0) is 31.3 Å². The van der Waals surface area contributed by atoms with E-state index in [0.717, 1.165) is 48.9 Å². The molecule has 267 valence electrons. The summed E-state index contributed by atoms with van der Waals surface area (Å²) in [4.78, 5) is 16.3. The van der Waals surface area contributed by atoms with Crippen LogP contribution in [0.5, 0.6) is 0 Å². The largest absolute Gasteiger partial charge is 0.512 e. The summed E-state index contributed by atoms with van der Waals surface area (Å²) in [5, 5.41) is 11.9. The number of carbonyl (C=O) groups excluding carboxylic acids is 1. The van der Waals surface area contributed by atoms with Crippen molar-refractivity contribution in [2.24, 2.45) is 17.8 Å². The number of aliphatic hydroxyl groups is 1. The zero-order valence-corrected chi connectivity index (χ0v) is 32.3. The number of rotatable bonds is 11. The number of pyridine rings is 1. The van der Waals surface area contributed by atoms with Crippen molar-refractivity contribution < 1.29 is 48.4 Å². The monoisotopic (exact) mass is 851 g/mol. The zero-order valence-electron chi connectivity index (χ0n) is 36.9. The van der Waals surface area contributed by atoms with E-state index in [4.69, 9.17) is 14.0 Å². The Morgan fingerprint density at radius 3 is 2.31 bits per heavy atom. The summed E-state index contributed by atoms with van der Waals surface area (Å²) in [5.41, 5.74) is 2.62. The first-order chi connectivity index (χ1) is 25.2. The SMILES string of the molecule is CCC(CC)C(=O)/C=C(\O)C(CC)CC.[2H]C([2H])([2H])C([2H])(c1ccc2oc3c(-c4nccc5cc(CC(C)C)ccc45)[c-]c(C)cc3c2c1F)C([2H])([2H])[2H].[CH3-].[Ir]. The van der Waals surface area contributed by atoms with E-state index in [-0.39, 0.29) is 67.5 Å². The second kappa shape index (κ2) is 18.6. The Balaban J connectivity index is 0.000000545. The van der Waals surface area contributed by atoms with Crippen LogP contribution in [0.4, 0.5) is 4.39 Å². The van der Waals surface area contributed by atoms with Gasteiger partial charge in [-0.05, 0) is 83.6 Å². The molecule has 2 aromatic heterocycles. The Kier molecular flexibility index (Phi) is 12.0. The van der Waals surface area contributed by atoms with Gasteiger partial charge in [0.05, 0.1) is 11.3 Å². The Labute approximate surface area is 316 Å². The molecule has 5 aromatic rings. The van der Waals surface area contributed by atoms with Crippen molar-refractivity contribution in [3.8, 4) is 11.3 Å². The topological polar surface area (TPSA) is 63.3 Å². The number of aryl methyl sites for hydroxylation is 1. The minimum atomic E-state index is -3.32. The van der Waals surface area contributed by atoms with Crippen LogP contribution < -0.4 is 0 Å². The normalized spacial score (nSPS) is 14.6. The fraction of sp³-hybridized carbons (Fsp3) is 0.419. The number of fused-ring (bicyclic) bond motifs is 4. The molecule has 3 aromatic carbocycles. The molecule has 1 N–H and O–H groups in total. The van der Waals surface area contributed by atoms with E-state index >= 15 is 4.39 Å². The van der Waals surface area contributed by atoms with Gasteiger partial charge in [-0.1, -0.05) is 97.4 Å². The molecule has 0 atom stereocenters. The van der Waals surface area contributed by atoms with E-state index in [1.807, 2.05) is 39.8 Å². The number of furan rings is 1. The Morgan fingerprint density at radius 2 is 1.69 bits per heavy atom. The van der Waals surface area contributed by atoms with E-state index in [9.17, 15) is 9.90 Å². The number of nitrogens with zero attached hydrogens (tertiary/aromatic N) is 1. The Morgan fingerprint density at radius 1 is 1.02 bits per heavy atom. The van der Waals surface area contributed by atoms with Crippen LogP contribution in [-0.4, -0.2) is 15.9 Å². The maximum atomic E-state index is 16.1. The van der Waals surface area contributed by atoms with Crippen LogP contribution in [0.3, 0.4) is 0 Å².